The summed E-state index contributed by atoms with van der Waals surface area (Å²) in [5.74, 6) is 1.36. The van der Waals surface area contributed by atoms with Gasteiger partial charge in [-0.05, 0) is 53.9 Å². The molecule has 6 rings (SSSR count). The highest BCUT2D eigenvalue weighted by atomic mass is 16.5. The van der Waals surface area contributed by atoms with Gasteiger partial charge in [-0.15, -0.1) is 0 Å². The van der Waals surface area contributed by atoms with Crippen LogP contribution >= 0.6 is 0 Å². The first-order valence-electron chi connectivity index (χ1n) is 11.7. The van der Waals surface area contributed by atoms with Gasteiger partial charge >= 0.3 is 0 Å². The van der Waals surface area contributed by atoms with Gasteiger partial charge in [0.2, 0.25) is 0 Å². The average Bonchev–Trinajstić information content (AvgIpc) is 3.69. The smallest absolute Gasteiger partial charge is 0.154 e. The summed E-state index contributed by atoms with van der Waals surface area (Å²) in [6.45, 7) is 0.379. The molecule has 0 saturated carbocycles. The lowest BCUT2D eigenvalue weighted by molar-refractivity contribution is 0.287. The maximum absolute atomic E-state index is 6.35. The normalized spacial score (nSPS) is 12.1. The Morgan fingerprint density at radius 1 is 0.917 bits per heavy atom. The zero-order valence-corrected chi connectivity index (χ0v) is 19.4. The van der Waals surface area contributed by atoms with E-state index in [9.17, 15) is 0 Å². The molecule has 2 aromatic carbocycles. The Kier molecular flexibility index (Phi) is 5.81. The number of aromatic amines is 1. The highest BCUT2D eigenvalue weighted by molar-refractivity contribution is 5.96. The van der Waals surface area contributed by atoms with Gasteiger partial charge in [0.1, 0.15) is 18.1 Å². The second-order valence-electron chi connectivity index (χ2n) is 8.65. The molecule has 0 bridgehead atoms. The molecule has 4 aromatic heterocycles. The first-order valence-corrected chi connectivity index (χ1v) is 11.7. The molecule has 0 spiro atoms. The number of nitrogens with two attached hydrogens (primary N) is 1. The molecule has 0 amide bonds. The van der Waals surface area contributed by atoms with E-state index >= 15 is 0 Å². The van der Waals surface area contributed by atoms with Crippen molar-refractivity contribution < 1.29 is 13.6 Å². The molecule has 7 nitrogen and oxygen atoms in total. The first-order chi connectivity index (χ1) is 17.7. The molecule has 0 fully saturated rings. The number of furan rings is 2. The van der Waals surface area contributed by atoms with Crippen molar-refractivity contribution in [3.63, 3.8) is 0 Å². The van der Waals surface area contributed by atoms with Crippen LogP contribution in [0.2, 0.25) is 0 Å². The summed E-state index contributed by atoms with van der Waals surface area (Å²) in [6.07, 6.45) is 7.44. The summed E-state index contributed by atoms with van der Waals surface area (Å²) < 4.78 is 17.0. The van der Waals surface area contributed by atoms with Crippen LogP contribution in [0.3, 0.4) is 0 Å². The third kappa shape index (κ3) is 4.39. The summed E-state index contributed by atoms with van der Waals surface area (Å²) >= 11 is 0. The molecule has 6 aromatic rings. The number of nitrogens with zero attached hydrogens (tertiary/aromatic N) is 2. The lowest BCUT2D eigenvalue weighted by Gasteiger charge is -2.15. The van der Waals surface area contributed by atoms with Crippen molar-refractivity contribution in [3.8, 4) is 39.6 Å². The molecule has 0 radical (unpaired) electrons. The Morgan fingerprint density at radius 3 is 2.64 bits per heavy atom. The fraction of sp³-hybridized carbons (Fsp3) is 0.103. The largest absolute Gasteiger partial charge is 0.490 e. The van der Waals surface area contributed by atoms with Crippen LogP contribution in [-0.4, -0.2) is 27.8 Å². The number of aromatic nitrogens is 3. The van der Waals surface area contributed by atoms with E-state index in [0.29, 0.717) is 18.1 Å². The summed E-state index contributed by atoms with van der Waals surface area (Å²) in [6, 6.07) is 23.8. The van der Waals surface area contributed by atoms with Gasteiger partial charge in [0.05, 0.1) is 36.2 Å². The van der Waals surface area contributed by atoms with Gasteiger partial charge in [0.15, 0.2) is 5.76 Å². The Morgan fingerprint density at radius 2 is 1.83 bits per heavy atom. The number of nitrogens with one attached hydrogen (secondary N) is 1. The predicted octanol–water partition coefficient (Wildman–Crippen LogP) is 6.09. The second-order valence-corrected chi connectivity index (χ2v) is 8.65. The van der Waals surface area contributed by atoms with Crippen LogP contribution in [0.25, 0.3) is 44.7 Å². The number of benzene rings is 2. The lowest BCUT2D eigenvalue weighted by atomic mass is 9.98. The fourth-order valence-corrected chi connectivity index (χ4v) is 4.34. The van der Waals surface area contributed by atoms with Crippen molar-refractivity contribution in [3.05, 3.63) is 103 Å². The van der Waals surface area contributed by atoms with Crippen molar-refractivity contribution in [2.75, 3.05) is 6.61 Å². The van der Waals surface area contributed by atoms with Crippen LogP contribution in [0, 0.1) is 0 Å². The molecule has 0 unspecified atom stereocenters. The van der Waals surface area contributed by atoms with E-state index in [2.05, 4.69) is 28.4 Å². The Hall–Kier alpha value is -4.62. The molecule has 0 aliphatic heterocycles. The maximum atomic E-state index is 6.35. The highest BCUT2D eigenvalue weighted by Crippen LogP contribution is 2.36. The summed E-state index contributed by atoms with van der Waals surface area (Å²) in [4.78, 5) is 4.73. The number of rotatable bonds is 8. The van der Waals surface area contributed by atoms with Crippen LogP contribution in [0.15, 0.2) is 107 Å². The molecule has 0 saturated heterocycles. The molecule has 1 atom stereocenters. The minimum absolute atomic E-state index is 0.137. The van der Waals surface area contributed by atoms with Gasteiger partial charge in [0, 0.05) is 22.6 Å². The Balaban J connectivity index is 1.33. The Bertz CT molecular complexity index is 1570. The molecule has 3 N–H and O–H groups in total. The van der Waals surface area contributed by atoms with Crippen LogP contribution in [-0.2, 0) is 6.42 Å². The zero-order chi connectivity index (χ0) is 24.3. The number of ether oxygens (including phenoxy) is 1. The van der Waals surface area contributed by atoms with E-state index < -0.39 is 0 Å². The second kappa shape index (κ2) is 9.56. The van der Waals surface area contributed by atoms with Crippen molar-refractivity contribution in [2.45, 2.75) is 12.5 Å². The van der Waals surface area contributed by atoms with E-state index in [0.717, 1.165) is 45.4 Å². The number of pyridine rings is 1. The van der Waals surface area contributed by atoms with E-state index in [4.69, 9.17) is 24.3 Å². The number of H-pyrrole nitrogens is 1. The first kappa shape index (κ1) is 21.9. The number of fused-ring (bicyclic) bond motifs is 1. The van der Waals surface area contributed by atoms with Gasteiger partial charge in [-0.1, -0.05) is 36.4 Å². The van der Waals surface area contributed by atoms with Crippen molar-refractivity contribution in [1.82, 2.24) is 15.2 Å². The molecular formula is C29H24N4O3. The number of hydrogen-bond acceptors (Lipinski definition) is 6. The molecular weight excluding hydrogens is 452 g/mol. The SMILES string of the molecule is N[C@@H](COc1cnc(-c2ccoc2)c(-c2ccc3[nH]nc(-c4ccco4)c3c2)c1)Cc1ccccc1. The average molecular weight is 477 g/mol. The van der Waals surface area contributed by atoms with Crippen LogP contribution in [0.5, 0.6) is 5.75 Å². The highest BCUT2D eigenvalue weighted by Gasteiger charge is 2.16. The monoisotopic (exact) mass is 476 g/mol. The summed E-state index contributed by atoms with van der Waals surface area (Å²) in [5.41, 5.74) is 12.8. The summed E-state index contributed by atoms with van der Waals surface area (Å²) in [5, 5.41) is 8.50. The predicted molar refractivity (Wildman–Crippen MR) is 138 cm³/mol. The van der Waals surface area contributed by atoms with Gasteiger partial charge in [-0.2, -0.15) is 5.10 Å². The van der Waals surface area contributed by atoms with Crippen molar-refractivity contribution >= 4 is 10.9 Å². The minimum Gasteiger partial charge on any atom is -0.490 e. The third-order valence-corrected chi connectivity index (χ3v) is 6.09. The fourth-order valence-electron chi connectivity index (χ4n) is 4.34. The van der Waals surface area contributed by atoms with Crippen molar-refractivity contribution in [1.29, 1.82) is 0 Å². The topological polar surface area (TPSA) is 103 Å². The lowest BCUT2D eigenvalue weighted by Crippen LogP contribution is -2.30. The van der Waals surface area contributed by atoms with Gasteiger partial charge in [-0.3, -0.25) is 10.1 Å². The van der Waals surface area contributed by atoms with Gasteiger partial charge < -0.3 is 19.3 Å². The molecule has 36 heavy (non-hydrogen) atoms. The molecule has 0 aliphatic carbocycles. The third-order valence-electron chi connectivity index (χ3n) is 6.09. The number of hydrogen-bond donors (Lipinski definition) is 2. The van der Waals surface area contributed by atoms with Crippen molar-refractivity contribution in [2.24, 2.45) is 5.73 Å². The standard InChI is InChI=1S/C29H24N4O3/c30-22(13-19-5-2-1-3-6-19)18-36-23-15-24(28(31-16-23)21-10-12-34-17-21)20-8-9-26-25(14-20)29(33-32-26)27-7-4-11-35-27/h1-12,14-17,22H,13,18,30H2,(H,32,33)/t22-/m1/s1. The molecule has 4 heterocycles. The van der Waals surface area contributed by atoms with E-state index in [1.807, 2.05) is 54.6 Å². The minimum atomic E-state index is -0.137. The van der Waals surface area contributed by atoms with Crippen LogP contribution in [0.4, 0.5) is 0 Å². The van der Waals surface area contributed by atoms with Crippen LogP contribution in [0.1, 0.15) is 5.56 Å². The van der Waals surface area contributed by atoms with Gasteiger partial charge in [-0.25, -0.2) is 0 Å². The summed E-state index contributed by atoms with van der Waals surface area (Å²) in [7, 11) is 0. The zero-order valence-electron chi connectivity index (χ0n) is 19.4. The maximum Gasteiger partial charge on any atom is 0.154 e. The van der Waals surface area contributed by atoms with E-state index in [1.54, 1.807) is 25.0 Å². The van der Waals surface area contributed by atoms with E-state index in [1.165, 1.54) is 5.56 Å². The van der Waals surface area contributed by atoms with E-state index in [-0.39, 0.29) is 6.04 Å². The quantitative estimate of drug-likeness (QED) is 0.275. The van der Waals surface area contributed by atoms with Crippen LogP contribution < -0.4 is 10.5 Å². The molecule has 7 heteroatoms. The molecule has 0 aliphatic rings. The Labute approximate surface area is 207 Å². The van der Waals surface area contributed by atoms with Gasteiger partial charge in [0.25, 0.3) is 0 Å². The molecule has 178 valence electrons.